The Morgan fingerprint density at radius 1 is 0.964 bits per heavy atom. The van der Waals surface area contributed by atoms with Crippen LogP contribution in [0.25, 0.3) is 0 Å². The Labute approximate surface area is 161 Å². The van der Waals surface area contributed by atoms with Crippen LogP contribution in [0.3, 0.4) is 0 Å². The number of carbonyl (C=O) groups is 2. The van der Waals surface area contributed by atoms with Crippen molar-refractivity contribution in [3.05, 3.63) is 95.3 Å². The van der Waals surface area contributed by atoms with Crippen molar-refractivity contribution in [3.63, 3.8) is 0 Å². The number of hydrogen-bond acceptors (Lipinski definition) is 4. The number of phenolic OH excluding ortho intramolecular Hbond substituents is 1. The summed E-state index contributed by atoms with van der Waals surface area (Å²) in [6.07, 6.45) is -1.25. The van der Waals surface area contributed by atoms with Gasteiger partial charge < -0.3 is 15.2 Å². The van der Waals surface area contributed by atoms with Crippen LogP contribution in [-0.2, 0) is 9.53 Å². The smallest absolute Gasteiger partial charge is 0.343 e. The molecular weight excluding hydrogens is 361 g/mol. The number of para-hydroxylation sites is 1. The van der Waals surface area contributed by atoms with Gasteiger partial charge in [0.25, 0.3) is 5.91 Å². The fourth-order valence-electron chi connectivity index (χ4n) is 2.64. The number of carbonyl (C=O) groups excluding carboxylic acids is 2. The third-order valence-corrected chi connectivity index (χ3v) is 4.13. The second-order valence-corrected chi connectivity index (χ2v) is 6.16. The highest BCUT2D eigenvalue weighted by atomic mass is 19.1. The number of nitrogens with one attached hydrogen (secondary N) is 1. The van der Waals surface area contributed by atoms with Gasteiger partial charge in [0.1, 0.15) is 17.1 Å². The van der Waals surface area contributed by atoms with Crippen molar-refractivity contribution in [1.82, 2.24) is 0 Å². The molecule has 0 aliphatic heterocycles. The molecule has 6 heteroatoms. The summed E-state index contributed by atoms with van der Waals surface area (Å²) >= 11 is 0. The van der Waals surface area contributed by atoms with Gasteiger partial charge in [0.05, 0.1) is 0 Å². The highest BCUT2D eigenvalue weighted by molar-refractivity contribution is 5.99. The van der Waals surface area contributed by atoms with Gasteiger partial charge in [0.15, 0.2) is 0 Å². The van der Waals surface area contributed by atoms with Crippen LogP contribution in [0.5, 0.6) is 5.75 Å². The Morgan fingerprint density at radius 3 is 2.32 bits per heavy atom. The summed E-state index contributed by atoms with van der Waals surface area (Å²) in [4.78, 5) is 25.4. The van der Waals surface area contributed by atoms with E-state index in [0.29, 0.717) is 16.8 Å². The van der Waals surface area contributed by atoms with Gasteiger partial charge in [0.2, 0.25) is 6.10 Å². The first kappa shape index (κ1) is 19.1. The molecule has 0 aliphatic carbocycles. The molecule has 2 N–H and O–H groups in total. The number of anilines is 1. The van der Waals surface area contributed by atoms with Gasteiger partial charge >= 0.3 is 5.97 Å². The van der Waals surface area contributed by atoms with Crippen molar-refractivity contribution in [2.75, 3.05) is 5.32 Å². The summed E-state index contributed by atoms with van der Waals surface area (Å²) in [6, 6.07) is 18.4. The minimum atomic E-state index is -1.25. The summed E-state index contributed by atoms with van der Waals surface area (Å²) < 4.78 is 18.5. The largest absolute Gasteiger partial charge is 0.507 e. The Hall–Kier alpha value is -3.67. The maximum Gasteiger partial charge on any atom is 0.343 e. The zero-order chi connectivity index (χ0) is 20.1. The molecule has 5 nitrogen and oxygen atoms in total. The predicted molar refractivity (Wildman–Crippen MR) is 102 cm³/mol. The molecule has 0 heterocycles. The summed E-state index contributed by atoms with van der Waals surface area (Å²) in [7, 11) is 0. The number of rotatable bonds is 5. The zero-order valence-corrected chi connectivity index (χ0v) is 15.1. The molecule has 0 bridgehead atoms. The number of aryl methyl sites for hydroxylation is 1. The summed E-state index contributed by atoms with van der Waals surface area (Å²) in [5.74, 6) is -2.06. The molecule has 1 atom stereocenters. The van der Waals surface area contributed by atoms with Gasteiger partial charge in [-0.3, -0.25) is 4.79 Å². The van der Waals surface area contributed by atoms with Crippen LogP contribution in [0.4, 0.5) is 10.1 Å². The maximum atomic E-state index is 13.1. The number of benzene rings is 3. The third-order valence-electron chi connectivity index (χ3n) is 4.13. The Bertz CT molecular complexity index is 987. The standard InChI is InChI=1S/C22H18FNO4/c1-14-6-5-9-18(19(14)25)22(27)28-20(15-7-3-2-4-8-15)21(26)24-17-12-10-16(23)11-13-17/h2-13,20,25H,1H3,(H,24,26)/t20-/m0/s1. The Balaban J connectivity index is 1.87. The van der Waals surface area contributed by atoms with E-state index < -0.39 is 23.8 Å². The molecule has 0 fully saturated rings. The number of aromatic hydroxyl groups is 1. The van der Waals surface area contributed by atoms with E-state index >= 15 is 0 Å². The number of phenols is 1. The lowest BCUT2D eigenvalue weighted by atomic mass is 10.1. The number of amides is 1. The lowest BCUT2D eigenvalue weighted by Crippen LogP contribution is -2.26. The number of esters is 1. The predicted octanol–water partition coefficient (Wildman–Crippen LogP) is 4.38. The highest BCUT2D eigenvalue weighted by Gasteiger charge is 2.27. The minimum Gasteiger partial charge on any atom is -0.507 e. The van der Waals surface area contributed by atoms with Gasteiger partial charge in [0, 0.05) is 11.3 Å². The van der Waals surface area contributed by atoms with Crippen molar-refractivity contribution in [2.24, 2.45) is 0 Å². The van der Waals surface area contributed by atoms with Crippen LogP contribution in [-0.4, -0.2) is 17.0 Å². The Kier molecular flexibility index (Phi) is 5.69. The molecule has 0 aliphatic rings. The van der Waals surface area contributed by atoms with Crippen molar-refractivity contribution in [3.8, 4) is 5.75 Å². The van der Waals surface area contributed by atoms with Crippen LogP contribution in [0.15, 0.2) is 72.8 Å². The number of halogens is 1. The average molecular weight is 379 g/mol. The topological polar surface area (TPSA) is 75.6 Å². The quantitative estimate of drug-likeness (QED) is 0.645. The second-order valence-electron chi connectivity index (χ2n) is 6.16. The Morgan fingerprint density at radius 2 is 1.64 bits per heavy atom. The molecule has 0 saturated carbocycles. The van der Waals surface area contributed by atoms with Gasteiger partial charge in [-0.15, -0.1) is 0 Å². The average Bonchev–Trinajstić information content (AvgIpc) is 2.70. The van der Waals surface area contributed by atoms with E-state index in [4.69, 9.17) is 4.74 Å². The summed E-state index contributed by atoms with van der Waals surface area (Å²) in [5, 5.41) is 12.7. The van der Waals surface area contributed by atoms with E-state index in [0.717, 1.165) is 0 Å². The molecule has 0 spiro atoms. The lowest BCUT2D eigenvalue weighted by molar-refractivity contribution is -0.125. The molecule has 3 aromatic carbocycles. The molecule has 0 saturated heterocycles. The van der Waals surface area contributed by atoms with Crippen molar-refractivity contribution < 1.29 is 23.8 Å². The van der Waals surface area contributed by atoms with E-state index in [2.05, 4.69) is 5.32 Å². The molecule has 0 unspecified atom stereocenters. The van der Waals surface area contributed by atoms with Gasteiger partial charge in [-0.1, -0.05) is 42.5 Å². The first-order valence-corrected chi connectivity index (χ1v) is 8.56. The highest BCUT2D eigenvalue weighted by Crippen LogP contribution is 2.26. The van der Waals surface area contributed by atoms with Gasteiger partial charge in [-0.25, -0.2) is 9.18 Å². The molecule has 3 aromatic rings. The van der Waals surface area contributed by atoms with Crippen molar-refractivity contribution in [2.45, 2.75) is 13.0 Å². The minimum absolute atomic E-state index is 0.0319. The normalized spacial score (nSPS) is 11.5. The summed E-state index contributed by atoms with van der Waals surface area (Å²) in [6.45, 7) is 1.65. The molecule has 0 radical (unpaired) electrons. The molecule has 142 valence electrons. The SMILES string of the molecule is Cc1cccc(C(=O)O[C@H](C(=O)Nc2ccc(F)cc2)c2ccccc2)c1O. The van der Waals surface area contributed by atoms with Crippen molar-refractivity contribution in [1.29, 1.82) is 0 Å². The molecular formula is C22H18FNO4. The third kappa shape index (κ3) is 4.35. The van der Waals surface area contributed by atoms with Crippen molar-refractivity contribution >= 4 is 17.6 Å². The number of hydrogen-bond donors (Lipinski definition) is 2. The second kappa shape index (κ2) is 8.35. The first-order valence-electron chi connectivity index (χ1n) is 8.56. The summed E-state index contributed by atoms with van der Waals surface area (Å²) in [5.41, 5.74) is 1.31. The van der Waals surface area contributed by atoms with Crippen LogP contribution < -0.4 is 5.32 Å². The monoisotopic (exact) mass is 379 g/mol. The van der Waals surface area contributed by atoms with E-state index in [1.807, 2.05) is 0 Å². The van der Waals surface area contributed by atoms with Crippen LogP contribution in [0, 0.1) is 12.7 Å². The first-order chi connectivity index (χ1) is 13.5. The molecule has 3 rings (SSSR count). The fraction of sp³-hybridized carbons (Fsp3) is 0.0909. The van der Waals surface area contributed by atoms with E-state index in [9.17, 15) is 19.1 Å². The van der Waals surface area contributed by atoms with E-state index in [1.54, 1.807) is 49.4 Å². The lowest BCUT2D eigenvalue weighted by Gasteiger charge is -2.18. The maximum absolute atomic E-state index is 13.1. The van der Waals surface area contributed by atoms with E-state index in [-0.39, 0.29) is 11.3 Å². The van der Waals surface area contributed by atoms with Crippen LogP contribution >= 0.6 is 0 Å². The molecule has 28 heavy (non-hydrogen) atoms. The zero-order valence-electron chi connectivity index (χ0n) is 15.1. The van der Waals surface area contributed by atoms with Gasteiger partial charge in [-0.05, 0) is 42.8 Å². The van der Waals surface area contributed by atoms with Crippen LogP contribution in [0.2, 0.25) is 0 Å². The molecule has 1 amide bonds. The molecule has 0 aromatic heterocycles. The van der Waals surface area contributed by atoms with Gasteiger partial charge in [-0.2, -0.15) is 0 Å². The number of ether oxygens (including phenoxy) is 1. The van der Waals surface area contributed by atoms with Crippen LogP contribution in [0.1, 0.15) is 27.6 Å². The fourth-order valence-corrected chi connectivity index (χ4v) is 2.64. The van der Waals surface area contributed by atoms with E-state index in [1.165, 1.54) is 30.3 Å².